The van der Waals surface area contributed by atoms with E-state index in [2.05, 4.69) is 41.5 Å². The number of aliphatic imine (C=N–C) groups is 1. The van der Waals surface area contributed by atoms with Gasteiger partial charge in [-0.05, 0) is 81.2 Å². The Balaban J connectivity index is 1.32. The van der Waals surface area contributed by atoms with E-state index in [1.54, 1.807) is 65.2 Å². The average molecular weight is 766 g/mol. The second-order valence-corrected chi connectivity index (χ2v) is 17.9. The molecule has 3 heterocycles. The number of fused-ring (bicyclic) bond motifs is 5. The molecule has 0 saturated carbocycles. The number of carbonyl (C=O) groups is 3. The SMILES string of the molecule is CC(C)C(NC(=O)OC(C)(C)C)C(=O)OC1C(O)C2(N3C=CC(N=CN(C)C)N(C)C3=O)OC1(COSC1(C)C3=CCCC=C3c3ccccc31)CC2C. The zero-order valence-electron chi connectivity index (χ0n) is 33.0. The lowest BCUT2D eigenvalue weighted by atomic mass is 9.74. The highest BCUT2D eigenvalue weighted by Crippen LogP contribution is 2.60. The largest absolute Gasteiger partial charge is 0.455 e. The van der Waals surface area contributed by atoms with Gasteiger partial charge in [-0.2, -0.15) is 0 Å². The third-order valence-electron chi connectivity index (χ3n) is 10.9. The quantitative estimate of drug-likeness (QED) is 0.123. The van der Waals surface area contributed by atoms with E-state index in [-0.39, 0.29) is 12.5 Å². The first-order valence-corrected chi connectivity index (χ1v) is 19.4. The second-order valence-electron chi connectivity index (χ2n) is 16.7. The summed E-state index contributed by atoms with van der Waals surface area (Å²) in [5, 5.41) is 15.0. The molecule has 2 fully saturated rings. The maximum Gasteiger partial charge on any atom is 0.408 e. The van der Waals surface area contributed by atoms with Crippen LogP contribution >= 0.6 is 12.0 Å². The lowest BCUT2D eigenvalue weighted by molar-refractivity contribution is -0.169. The van der Waals surface area contributed by atoms with E-state index in [1.165, 1.54) is 38.6 Å². The summed E-state index contributed by atoms with van der Waals surface area (Å²) in [6, 6.07) is 6.80. The van der Waals surface area contributed by atoms with Crippen LogP contribution in [0, 0.1) is 11.8 Å². The number of nitrogens with one attached hydrogen (secondary N) is 1. The number of aliphatic hydroxyl groups excluding tert-OH is 1. The molecule has 54 heavy (non-hydrogen) atoms. The number of hydrogen-bond acceptors (Lipinski definition) is 10. The minimum Gasteiger partial charge on any atom is -0.455 e. The van der Waals surface area contributed by atoms with E-state index in [0.717, 1.165) is 18.4 Å². The van der Waals surface area contributed by atoms with Crippen LogP contribution in [0.4, 0.5) is 9.59 Å². The van der Waals surface area contributed by atoms with Gasteiger partial charge in [0.05, 0.1) is 17.7 Å². The van der Waals surface area contributed by atoms with Crippen LogP contribution in [0.3, 0.4) is 0 Å². The van der Waals surface area contributed by atoms with Gasteiger partial charge in [-0.25, -0.2) is 19.4 Å². The molecule has 0 radical (unpaired) electrons. The highest BCUT2D eigenvalue weighted by Gasteiger charge is 2.75. The van der Waals surface area contributed by atoms with Gasteiger partial charge in [0, 0.05) is 45.3 Å². The molecule has 0 spiro atoms. The van der Waals surface area contributed by atoms with E-state index < -0.39 is 70.1 Å². The molecule has 2 aliphatic carbocycles. The van der Waals surface area contributed by atoms with Gasteiger partial charge >= 0.3 is 18.1 Å². The zero-order chi connectivity index (χ0) is 39.4. The summed E-state index contributed by atoms with van der Waals surface area (Å²) in [5.74, 6) is -1.55. The Morgan fingerprint density at radius 2 is 1.91 bits per heavy atom. The molecule has 3 aliphatic heterocycles. The first-order chi connectivity index (χ1) is 25.3. The topological polar surface area (TPSA) is 142 Å². The number of ether oxygens (including phenoxy) is 3. The predicted octanol–water partition coefficient (Wildman–Crippen LogP) is 5.81. The van der Waals surface area contributed by atoms with Gasteiger partial charge in [0.15, 0.2) is 11.8 Å². The Bertz CT molecular complexity index is 1770. The molecule has 294 valence electrons. The van der Waals surface area contributed by atoms with Gasteiger partial charge in [-0.15, -0.1) is 0 Å². The fraction of sp³-hybridized carbons (Fsp3) is 0.600. The Hall–Kier alpha value is -3.85. The van der Waals surface area contributed by atoms with Crippen molar-refractivity contribution in [2.45, 2.75) is 114 Å². The number of likely N-dealkylation sites (N-methyl/N-ethyl adjacent to an activating group) is 1. The van der Waals surface area contributed by atoms with Crippen LogP contribution in [-0.4, -0.2) is 113 Å². The summed E-state index contributed by atoms with van der Waals surface area (Å²) < 4.78 is 24.6. The normalized spacial score (nSPS) is 32.0. The number of amides is 3. The van der Waals surface area contributed by atoms with Crippen LogP contribution in [-0.2, 0) is 27.9 Å². The molecule has 8 unspecified atom stereocenters. The maximum atomic E-state index is 14.1. The van der Waals surface area contributed by atoms with Crippen LogP contribution in [0.2, 0.25) is 0 Å². The first-order valence-electron chi connectivity index (χ1n) is 18.7. The molecule has 5 aliphatic rings. The van der Waals surface area contributed by atoms with Crippen LogP contribution in [0.15, 0.2) is 59.3 Å². The fourth-order valence-corrected chi connectivity index (χ4v) is 9.36. The van der Waals surface area contributed by atoms with Crippen LogP contribution in [0.25, 0.3) is 5.57 Å². The highest BCUT2D eigenvalue weighted by molar-refractivity contribution is 7.95. The molecule has 14 heteroatoms. The minimum atomic E-state index is -1.60. The summed E-state index contributed by atoms with van der Waals surface area (Å²) in [6.45, 7) is 12.8. The number of benzene rings is 1. The molecular formula is C40H55N5O8S. The summed E-state index contributed by atoms with van der Waals surface area (Å²) in [7, 11) is 5.32. The molecule has 13 nitrogen and oxygen atoms in total. The van der Waals surface area contributed by atoms with E-state index in [9.17, 15) is 19.5 Å². The van der Waals surface area contributed by atoms with Crippen molar-refractivity contribution in [3.63, 3.8) is 0 Å². The summed E-state index contributed by atoms with van der Waals surface area (Å²) in [5.41, 5.74) is 0.982. The van der Waals surface area contributed by atoms with E-state index >= 15 is 0 Å². The van der Waals surface area contributed by atoms with Gasteiger partial charge in [-0.3, -0.25) is 4.90 Å². The van der Waals surface area contributed by atoms with Crippen LogP contribution in [0.1, 0.15) is 78.9 Å². The maximum absolute atomic E-state index is 14.1. The van der Waals surface area contributed by atoms with Gasteiger partial charge in [0.2, 0.25) is 0 Å². The number of hydrogen-bond donors (Lipinski definition) is 2. The number of carbonyl (C=O) groups excluding carboxylic acids is 3. The molecule has 1 aromatic carbocycles. The van der Waals surface area contributed by atoms with Crippen molar-refractivity contribution in [3.8, 4) is 0 Å². The van der Waals surface area contributed by atoms with Crippen molar-refractivity contribution in [1.29, 1.82) is 0 Å². The Labute approximate surface area is 323 Å². The van der Waals surface area contributed by atoms with E-state index in [1.807, 2.05) is 33.2 Å². The number of urea groups is 1. The lowest BCUT2D eigenvalue weighted by Gasteiger charge is -2.46. The first kappa shape index (κ1) is 39.8. The van der Waals surface area contributed by atoms with E-state index in [4.69, 9.17) is 18.4 Å². The van der Waals surface area contributed by atoms with Crippen molar-refractivity contribution in [3.05, 3.63) is 65.4 Å². The molecule has 0 aromatic heterocycles. The minimum absolute atomic E-state index is 0.0635. The lowest BCUT2D eigenvalue weighted by Crippen LogP contribution is -2.65. The van der Waals surface area contributed by atoms with Gasteiger partial charge in [-0.1, -0.05) is 57.2 Å². The van der Waals surface area contributed by atoms with Crippen molar-refractivity contribution >= 4 is 42.0 Å². The average Bonchev–Trinajstić information content (AvgIpc) is 3.63. The monoisotopic (exact) mass is 765 g/mol. The molecule has 8 atom stereocenters. The number of aliphatic hydroxyl groups is 1. The van der Waals surface area contributed by atoms with Gasteiger partial charge in [0.25, 0.3) is 0 Å². The zero-order valence-corrected chi connectivity index (χ0v) is 33.8. The van der Waals surface area contributed by atoms with Crippen LogP contribution < -0.4 is 5.32 Å². The highest BCUT2D eigenvalue weighted by atomic mass is 32.2. The number of esters is 1. The van der Waals surface area contributed by atoms with Crippen molar-refractivity contribution < 1.29 is 37.9 Å². The smallest absolute Gasteiger partial charge is 0.408 e. The van der Waals surface area contributed by atoms with Gasteiger partial charge < -0.3 is 38.6 Å². The number of alkyl carbamates (subject to hydrolysis) is 1. The Morgan fingerprint density at radius 3 is 2.59 bits per heavy atom. The predicted molar refractivity (Wildman–Crippen MR) is 207 cm³/mol. The summed E-state index contributed by atoms with van der Waals surface area (Å²) in [4.78, 5) is 50.1. The summed E-state index contributed by atoms with van der Waals surface area (Å²) >= 11 is 1.32. The van der Waals surface area contributed by atoms with Crippen LogP contribution in [0.5, 0.6) is 0 Å². The number of allylic oxidation sites excluding steroid dienone is 3. The molecular weight excluding hydrogens is 711 g/mol. The Morgan fingerprint density at radius 1 is 1.20 bits per heavy atom. The number of nitrogens with zero attached hydrogens (tertiary/aromatic N) is 4. The molecule has 2 saturated heterocycles. The van der Waals surface area contributed by atoms with Gasteiger partial charge in [0.1, 0.15) is 29.5 Å². The second kappa shape index (κ2) is 14.7. The molecule has 2 bridgehead atoms. The van der Waals surface area contributed by atoms with Crippen molar-refractivity contribution in [1.82, 2.24) is 20.0 Å². The number of rotatable bonds is 11. The third kappa shape index (κ3) is 6.94. The molecule has 2 N–H and O–H groups in total. The molecule has 1 aromatic rings. The fourth-order valence-electron chi connectivity index (χ4n) is 8.32. The standard InChI is InChI=1S/C40H55N5O8S/c1-24(2)31(42-35(48)52-37(4,5)6)34(47)51-33-32(46)40(45-20-19-30(41-23-43(8)9)44(10)36(45)49)25(3)21-39(33,53-40)22-50-54-38(7)28-17-13-11-15-26(28)27-16-12-14-18-29(27)38/h11,13,15-20,23-25,30-33,46H,12,14,21-22H2,1-10H3,(H,42,48). The van der Waals surface area contributed by atoms with Crippen molar-refractivity contribution in [2.75, 3.05) is 27.7 Å². The molecule has 3 amide bonds. The summed E-state index contributed by atoms with van der Waals surface area (Å²) in [6.07, 6.45) is 7.67. The van der Waals surface area contributed by atoms with E-state index in [0.29, 0.717) is 6.42 Å². The van der Waals surface area contributed by atoms with Crippen molar-refractivity contribution in [2.24, 2.45) is 16.8 Å². The molecule has 6 rings (SSSR count). The Kier molecular flexibility index (Phi) is 10.8. The third-order valence-corrected chi connectivity index (χ3v) is 11.9.